The number of hydrogen-bond acceptors (Lipinski definition) is 4. The van der Waals surface area contributed by atoms with Crippen LogP contribution in [-0.2, 0) is 14.3 Å². The number of amides is 2. The molecule has 2 fully saturated rings. The fourth-order valence-corrected chi connectivity index (χ4v) is 3.76. The topological polar surface area (TPSA) is 81.9 Å². The zero-order valence-electron chi connectivity index (χ0n) is 15.5. The van der Waals surface area contributed by atoms with Gasteiger partial charge in [0.25, 0.3) is 0 Å². The van der Waals surface area contributed by atoms with E-state index in [2.05, 4.69) is 0 Å². The molecule has 0 radical (unpaired) electrons. The normalized spacial score (nSPS) is 22.9. The van der Waals surface area contributed by atoms with Crippen LogP contribution in [0.15, 0.2) is 24.3 Å². The second kappa shape index (κ2) is 8.93. The van der Waals surface area contributed by atoms with Gasteiger partial charge in [-0.2, -0.15) is 0 Å². The second-order valence-electron chi connectivity index (χ2n) is 7.57. The number of carbonyl (C=O) groups is 2. The fraction of sp³-hybridized carbons (Fsp3) is 0.600. The third-order valence-electron chi connectivity index (χ3n) is 5.40. The van der Waals surface area contributed by atoms with E-state index in [0.717, 1.165) is 6.42 Å². The van der Waals surface area contributed by atoms with Gasteiger partial charge >= 0.3 is 0 Å². The fourth-order valence-electron chi connectivity index (χ4n) is 3.63. The number of rotatable bonds is 8. The van der Waals surface area contributed by atoms with Gasteiger partial charge in [-0.1, -0.05) is 30.9 Å². The predicted molar refractivity (Wildman–Crippen MR) is 103 cm³/mol. The van der Waals surface area contributed by atoms with Gasteiger partial charge in [-0.15, -0.1) is 0 Å². The molecule has 1 aliphatic heterocycles. The van der Waals surface area contributed by atoms with Gasteiger partial charge in [0.15, 0.2) is 0 Å². The molecular formula is C20H27ClN2O4. The van der Waals surface area contributed by atoms with E-state index in [1.165, 1.54) is 19.3 Å². The molecular weight excluding hydrogens is 368 g/mol. The maximum Gasteiger partial charge on any atom is 0.222 e. The summed E-state index contributed by atoms with van der Waals surface area (Å²) in [5, 5.41) is 0.617. The first-order chi connectivity index (χ1) is 13.0. The Bertz CT molecular complexity index is 662. The van der Waals surface area contributed by atoms with Crippen molar-refractivity contribution in [3.8, 4) is 5.75 Å². The van der Waals surface area contributed by atoms with Gasteiger partial charge in [0.2, 0.25) is 11.8 Å². The third kappa shape index (κ3) is 5.59. The van der Waals surface area contributed by atoms with Crippen LogP contribution in [0.1, 0.15) is 38.5 Å². The van der Waals surface area contributed by atoms with Gasteiger partial charge in [-0.25, -0.2) is 0 Å². The lowest BCUT2D eigenvalue weighted by molar-refractivity contribution is -0.162. The first-order valence-electron chi connectivity index (χ1n) is 9.54. The van der Waals surface area contributed by atoms with Crippen molar-refractivity contribution in [3.63, 3.8) is 0 Å². The summed E-state index contributed by atoms with van der Waals surface area (Å²) in [5.74, 6) is 0.961. The molecule has 1 saturated carbocycles. The molecule has 1 saturated heterocycles. The minimum Gasteiger partial charge on any atom is -0.490 e. The molecule has 1 aliphatic carbocycles. The average Bonchev–Trinajstić information content (AvgIpc) is 2.59. The summed E-state index contributed by atoms with van der Waals surface area (Å²) >= 11 is 5.89. The van der Waals surface area contributed by atoms with Gasteiger partial charge in [0, 0.05) is 18.0 Å². The first-order valence-corrected chi connectivity index (χ1v) is 9.92. The zero-order chi connectivity index (χ0) is 19.3. The molecule has 27 heavy (non-hydrogen) atoms. The van der Waals surface area contributed by atoms with Crippen LogP contribution in [0.2, 0.25) is 5.02 Å². The highest BCUT2D eigenvalue weighted by Gasteiger charge is 2.41. The van der Waals surface area contributed by atoms with Crippen molar-refractivity contribution in [1.29, 1.82) is 0 Å². The van der Waals surface area contributed by atoms with E-state index in [1.807, 2.05) is 0 Å². The molecule has 1 atom stereocenters. The van der Waals surface area contributed by atoms with E-state index >= 15 is 0 Å². The van der Waals surface area contributed by atoms with E-state index in [0.29, 0.717) is 42.8 Å². The Kier molecular flexibility index (Phi) is 6.60. The lowest BCUT2D eigenvalue weighted by Gasteiger charge is -2.42. The van der Waals surface area contributed by atoms with Crippen LogP contribution in [-0.4, -0.2) is 48.6 Å². The molecule has 0 unspecified atom stereocenters. The molecule has 2 amide bonds. The van der Waals surface area contributed by atoms with Crippen LogP contribution in [0.4, 0.5) is 0 Å². The Hall–Kier alpha value is -1.79. The highest BCUT2D eigenvalue weighted by Crippen LogP contribution is 2.31. The summed E-state index contributed by atoms with van der Waals surface area (Å²) < 4.78 is 11.7. The van der Waals surface area contributed by atoms with E-state index in [9.17, 15) is 9.59 Å². The van der Waals surface area contributed by atoms with Gasteiger partial charge in [0.1, 0.15) is 18.0 Å². The zero-order valence-corrected chi connectivity index (χ0v) is 16.2. The summed E-state index contributed by atoms with van der Waals surface area (Å²) in [7, 11) is 0. The number of primary amides is 1. The maximum absolute atomic E-state index is 12.6. The molecule has 1 heterocycles. The number of nitrogens with zero attached hydrogens (tertiary/aromatic N) is 1. The molecule has 0 aromatic heterocycles. The molecule has 6 nitrogen and oxygen atoms in total. The van der Waals surface area contributed by atoms with E-state index in [4.69, 9.17) is 26.8 Å². The Balaban J connectivity index is 1.61. The van der Waals surface area contributed by atoms with Crippen molar-refractivity contribution in [2.75, 3.05) is 26.3 Å². The molecule has 2 aliphatic rings. The summed E-state index contributed by atoms with van der Waals surface area (Å²) in [6, 6.07) is 6.97. The number of morpholine rings is 1. The molecule has 1 aromatic carbocycles. The largest absolute Gasteiger partial charge is 0.490 e. The molecule has 0 spiro atoms. The van der Waals surface area contributed by atoms with E-state index in [-0.39, 0.29) is 18.9 Å². The number of nitrogens with two attached hydrogens (primary N) is 1. The van der Waals surface area contributed by atoms with Crippen molar-refractivity contribution in [2.45, 2.75) is 44.1 Å². The minimum absolute atomic E-state index is 0.00694. The average molecular weight is 395 g/mol. The summed E-state index contributed by atoms with van der Waals surface area (Å²) in [4.78, 5) is 26.0. The molecule has 7 heteroatoms. The van der Waals surface area contributed by atoms with Crippen LogP contribution in [0.5, 0.6) is 5.75 Å². The van der Waals surface area contributed by atoms with Gasteiger partial charge in [-0.3, -0.25) is 9.59 Å². The predicted octanol–water partition coefficient (Wildman–Crippen LogP) is 2.77. The third-order valence-corrected chi connectivity index (χ3v) is 5.66. The number of hydrogen-bond donors (Lipinski definition) is 1. The van der Waals surface area contributed by atoms with Crippen molar-refractivity contribution < 1.29 is 19.1 Å². The van der Waals surface area contributed by atoms with E-state index in [1.54, 1.807) is 29.2 Å². The molecule has 3 rings (SSSR count). The number of ether oxygens (including phenoxy) is 2. The number of carbonyl (C=O) groups excluding carboxylic acids is 2. The Morgan fingerprint density at radius 2 is 2.04 bits per heavy atom. The summed E-state index contributed by atoms with van der Waals surface area (Å²) in [5.41, 5.74) is 4.53. The van der Waals surface area contributed by atoms with Crippen LogP contribution in [0, 0.1) is 5.92 Å². The van der Waals surface area contributed by atoms with Crippen LogP contribution in [0.3, 0.4) is 0 Å². The minimum atomic E-state index is -0.921. The summed E-state index contributed by atoms with van der Waals surface area (Å²) in [6.07, 6.45) is 5.25. The Morgan fingerprint density at radius 1 is 1.30 bits per heavy atom. The molecule has 1 aromatic rings. The number of halogens is 1. The highest BCUT2D eigenvalue weighted by molar-refractivity contribution is 6.30. The second-order valence-corrected chi connectivity index (χ2v) is 8.00. The van der Waals surface area contributed by atoms with Crippen molar-refractivity contribution in [2.24, 2.45) is 11.7 Å². The Morgan fingerprint density at radius 3 is 2.67 bits per heavy atom. The van der Waals surface area contributed by atoms with Gasteiger partial charge in [-0.05, 0) is 36.6 Å². The van der Waals surface area contributed by atoms with E-state index < -0.39 is 11.5 Å². The molecule has 0 bridgehead atoms. The number of benzene rings is 1. The highest BCUT2D eigenvalue weighted by atomic mass is 35.5. The van der Waals surface area contributed by atoms with Crippen molar-refractivity contribution in [3.05, 3.63) is 29.3 Å². The Labute approximate surface area is 164 Å². The van der Waals surface area contributed by atoms with Crippen molar-refractivity contribution in [1.82, 2.24) is 4.90 Å². The standard InChI is InChI=1S/C20H27ClN2O4/c21-16-5-7-17(8-6-16)26-14-20(12-18(22)24)13-23(10-11-27-20)19(25)9-4-15-2-1-3-15/h5-8,15H,1-4,9-14H2,(H2,22,24)/t20-/m1/s1. The molecule has 148 valence electrons. The van der Waals surface area contributed by atoms with Crippen molar-refractivity contribution >= 4 is 23.4 Å². The lowest BCUT2D eigenvalue weighted by Crippen LogP contribution is -2.58. The lowest BCUT2D eigenvalue weighted by atomic mass is 9.82. The van der Waals surface area contributed by atoms with Crippen LogP contribution < -0.4 is 10.5 Å². The SMILES string of the molecule is NC(=O)C[C@]1(COc2ccc(Cl)cc2)CN(C(=O)CCC2CCC2)CCO1. The monoisotopic (exact) mass is 394 g/mol. The smallest absolute Gasteiger partial charge is 0.222 e. The van der Waals surface area contributed by atoms with Gasteiger partial charge < -0.3 is 20.1 Å². The van der Waals surface area contributed by atoms with Crippen LogP contribution >= 0.6 is 11.6 Å². The summed E-state index contributed by atoms with van der Waals surface area (Å²) in [6.45, 7) is 1.36. The van der Waals surface area contributed by atoms with Crippen LogP contribution in [0.25, 0.3) is 0 Å². The van der Waals surface area contributed by atoms with Gasteiger partial charge in [0.05, 0.1) is 19.6 Å². The maximum atomic E-state index is 12.6. The quantitative estimate of drug-likeness (QED) is 0.735. The molecule has 2 N–H and O–H groups in total. The first kappa shape index (κ1) is 20.0.